The summed E-state index contributed by atoms with van der Waals surface area (Å²) in [4.78, 5) is 4.25. The number of ether oxygens (including phenoxy) is 1. The lowest BCUT2D eigenvalue weighted by Crippen LogP contribution is -1.93. The molecule has 0 aliphatic carbocycles. The molecule has 21 heavy (non-hydrogen) atoms. The molecule has 102 valence electrons. The Hall–Kier alpha value is -2.77. The van der Waals surface area contributed by atoms with Gasteiger partial charge in [-0.15, -0.1) is 0 Å². The third-order valence-corrected chi connectivity index (χ3v) is 3.28. The molecule has 3 rings (SSSR count). The van der Waals surface area contributed by atoms with Gasteiger partial charge in [-0.1, -0.05) is 11.6 Å². The predicted molar refractivity (Wildman–Crippen MR) is 82.4 cm³/mol. The summed E-state index contributed by atoms with van der Waals surface area (Å²) in [6.07, 6.45) is 1.67. The van der Waals surface area contributed by atoms with Gasteiger partial charge in [0, 0.05) is 22.7 Å². The Morgan fingerprint density at radius 3 is 2.81 bits per heavy atom. The Bertz CT molecular complexity index is 871. The summed E-state index contributed by atoms with van der Waals surface area (Å²) in [7, 11) is 0. The van der Waals surface area contributed by atoms with E-state index < -0.39 is 0 Å². The first-order chi connectivity index (χ1) is 10.2. The molecule has 5 heteroatoms. The first kappa shape index (κ1) is 13.2. The molecule has 0 radical (unpaired) electrons. The fourth-order valence-electron chi connectivity index (χ4n) is 2.05. The molecule has 0 saturated heterocycles. The van der Waals surface area contributed by atoms with E-state index in [1.165, 1.54) is 0 Å². The van der Waals surface area contributed by atoms with E-state index in [9.17, 15) is 0 Å². The zero-order valence-corrected chi connectivity index (χ0v) is 11.6. The molecule has 0 aliphatic rings. The highest BCUT2D eigenvalue weighted by Crippen LogP contribution is 2.34. The van der Waals surface area contributed by atoms with Crippen molar-refractivity contribution in [2.75, 3.05) is 5.73 Å². The number of hydrogen-bond acceptors (Lipinski definition) is 4. The molecule has 0 amide bonds. The molecule has 2 N–H and O–H groups in total. The Kier molecular flexibility index (Phi) is 3.35. The second kappa shape index (κ2) is 5.31. The monoisotopic (exact) mass is 295 g/mol. The quantitative estimate of drug-likeness (QED) is 0.721. The topological polar surface area (TPSA) is 71.9 Å². The number of pyridine rings is 1. The lowest BCUT2D eigenvalue weighted by atomic mass is 10.1. The number of halogens is 1. The van der Waals surface area contributed by atoms with Crippen LogP contribution in [0.4, 0.5) is 5.69 Å². The van der Waals surface area contributed by atoms with Crippen molar-refractivity contribution < 1.29 is 4.74 Å². The van der Waals surface area contributed by atoms with Crippen LogP contribution in [0.15, 0.2) is 48.7 Å². The standard InChI is InChI=1S/C16H10ClN3O/c17-11-4-3-10(9-18)15(8-11)21-14-6-5-13(19)16-12(14)2-1-7-20-16/h1-8H,19H2. The van der Waals surface area contributed by atoms with Gasteiger partial charge in [-0.25, -0.2) is 0 Å². The number of nitrogen functional groups attached to an aromatic ring is 1. The molecule has 1 aromatic heterocycles. The number of anilines is 1. The van der Waals surface area contributed by atoms with Crippen LogP contribution in [0.25, 0.3) is 10.9 Å². The minimum atomic E-state index is 0.403. The van der Waals surface area contributed by atoms with E-state index in [2.05, 4.69) is 11.1 Å². The SMILES string of the molecule is N#Cc1ccc(Cl)cc1Oc1ccc(N)c2ncccc12. The summed E-state index contributed by atoms with van der Waals surface area (Å²) < 4.78 is 5.85. The van der Waals surface area contributed by atoms with Crippen molar-refractivity contribution in [2.45, 2.75) is 0 Å². The predicted octanol–water partition coefficient (Wildman–Crippen LogP) is 4.13. The molecular weight excluding hydrogens is 286 g/mol. The van der Waals surface area contributed by atoms with Gasteiger partial charge < -0.3 is 10.5 Å². The number of hydrogen-bond donors (Lipinski definition) is 1. The summed E-state index contributed by atoms with van der Waals surface area (Å²) in [5.41, 5.74) is 7.55. The minimum absolute atomic E-state index is 0.403. The van der Waals surface area contributed by atoms with Crippen LogP contribution in [0.2, 0.25) is 5.02 Å². The molecule has 0 unspecified atom stereocenters. The van der Waals surface area contributed by atoms with Crippen molar-refractivity contribution in [3.8, 4) is 17.6 Å². The molecule has 4 nitrogen and oxygen atoms in total. The van der Waals surface area contributed by atoms with Gasteiger partial charge in [0.15, 0.2) is 0 Å². The van der Waals surface area contributed by atoms with Crippen molar-refractivity contribution in [3.63, 3.8) is 0 Å². The van der Waals surface area contributed by atoms with Crippen molar-refractivity contribution in [1.82, 2.24) is 4.98 Å². The van der Waals surface area contributed by atoms with Gasteiger partial charge >= 0.3 is 0 Å². The smallest absolute Gasteiger partial charge is 0.146 e. The second-order valence-corrected chi connectivity index (χ2v) is 4.84. The van der Waals surface area contributed by atoms with Crippen molar-refractivity contribution >= 4 is 28.2 Å². The fraction of sp³-hybridized carbons (Fsp3) is 0. The molecule has 3 aromatic rings. The first-order valence-corrected chi connectivity index (χ1v) is 6.57. The molecule has 0 aliphatic heterocycles. The van der Waals surface area contributed by atoms with Crippen LogP contribution in [0, 0.1) is 11.3 Å². The van der Waals surface area contributed by atoms with Gasteiger partial charge in [-0.3, -0.25) is 4.98 Å². The Balaban J connectivity index is 2.13. The van der Waals surface area contributed by atoms with Crippen LogP contribution >= 0.6 is 11.6 Å². The van der Waals surface area contributed by atoms with E-state index in [1.807, 2.05) is 6.07 Å². The second-order valence-electron chi connectivity index (χ2n) is 4.41. The first-order valence-electron chi connectivity index (χ1n) is 6.20. The lowest BCUT2D eigenvalue weighted by molar-refractivity contribution is 0.487. The van der Waals surface area contributed by atoms with Gasteiger partial charge in [0.2, 0.25) is 0 Å². The molecule has 0 atom stereocenters. The zero-order valence-electron chi connectivity index (χ0n) is 10.9. The highest BCUT2D eigenvalue weighted by molar-refractivity contribution is 6.30. The van der Waals surface area contributed by atoms with E-state index in [0.717, 1.165) is 5.39 Å². The maximum Gasteiger partial charge on any atom is 0.146 e. The maximum atomic E-state index is 9.14. The van der Waals surface area contributed by atoms with Crippen LogP contribution in [-0.2, 0) is 0 Å². The van der Waals surface area contributed by atoms with Gasteiger partial charge in [-0.2, -0.15) is 5.26 Å². The average molecular weight is 296 g/mol. The van der Waals surface area contributed by atoms with E-state index in [-0.39, 0.29) is 0 Å². The number of nitrogens with two attached hydrogens (primary N) is 1. The third kappa shape index (κ3) is 2.47. The molecule has 0 saturated carbocycles. The number of benzene rings is 2. The number of rotatable bonds is 2. The summed E-state index contributed by atoms with van der Waals surface area (Å²) in [6, 6.07) is 14.1. The van der Waals surface area contributed by atoms with Gasteiger partial charge in [0.1, 0.15) is 17.6 Å². The van der Waals surface area contributed by atoms with E-state index in [4.69, 9.17) is 27.3 Å². The number of nitrogens with zero attached hydrogens (tertiary/aromatic N) is 2. The number of aromatic nitrogens is 1. The molecule has 2 aromatic carbocycles. The normalized spacial score (nSPS) is 10.3. The fourth-order valence-corrected chi connectivity index (χ4v) is 2.21. The Morgan fingerprint density at radius 1 is 1.14 bits per heavy atom. The van der Waals surface area contributed by atoms with Crippen molar-refractivity contribution in [3.05, 3.63) is 59.2 Å². The Morgan fingerprint density at radius 2 is 2.00 bits per heavy atom. The maximum absolute atomic E-state index is 9.14. The Labute approximate surface area is 126 Å². The molecular formula is C16H10ClN3O. The largest absolute Gasteiger partial charge is 0.455 e. The van der Waals surface area contributed by atoms with E-state index >= 15 is 0 Å². The van der Waals surface area contributed by atoms with E-state index in [0.29, 0.717) is 33.3 Å². The molecule has 0 fully saturated rings. The summed E-state index contributed by atoms with van der Waals surface area (Å²) in [6.45, 7) is 0. The summed E-state index contributed by atoms with van der Waals surface area (Å²) >= 11 is 5.96. The van der Waals surface area contributed by atoms with Gasteiger partial charge in [0.05, 0.1) is 16.8 Å². The van der Waals surface area contributed by atoms with Crippen LogP contribution < -0.4 is 10.5 Å². The number of nitriles is 1. The van der Waals surface area contributed by atoms with Crippen molar-refractivity contribution in [2.24, 2.45) is 0 Å². The van der Waals surface area contributed by atoms with Crippen molar-refractivity contribution in [1.29, 1.82) is 5.26 Å². The van der Waals surface area contributed by atoms with Crippen LogP contribution in [0.5, 0.6) is 11.5 Å². The zero-order chi connectivity index (χ0) is 14.8. The highest BCUT2D eigenvalue weighted by atomic mass is 35.5. The third-order valence-electron chi connectivity index (χ3n) is 3.04. The molecule has 0 bridgehead atoms. The minimum Gasteiger partial charge on any atom is -0.455 e. The van der Waals surface area contributed by atoms with Crippen LogP contribution in [0.1, 0.15) is 5.56 Å². The molecule has 1 heterocycles. The lowest BCUT2D eigenvalue weighted by Gasteiger charge is -2.11. The van der Waals surface area contributed by atoms with E-state index in [1.54, 1.807) is 42.6 Å². The highest BCUT2D eigenvalue weighted by Gasteiger charge is 2.10. The van der Waals surface area contributed by atoms with Crippen LogP contribution in [0.3, 0.4) is 0 Å². The summed E-state index contributed by atoms with van der Waals surface area (Å²) in [5, 5.41) is 10.4. The average Bonchev–Trinajstić information content (AvgIpc) is 2.51. The molecule has 0 spiro atoms. The summed E-state index contributed by atoms with van der Waals surface area (Å²) in [5.74, 6) is 0.978. The van der Waals surface area contributed by atoms with Crippen LogP contribution in [-0.4, -0.2) is 4.98 Å². The number of fused-ring (bicyclic) bond motifs is 1. The van der Waals surface area contributed by atoms with Gasteiger partial charge in [0.25, 0.3) is 0 Å². The van der Waals surface area contributed by atoms with Gasteiger partial charge in [-0.05, 0) is 36.4 Å².